The van der Waals surface area contributed by atoms with Crippen molar-refractivity contribution in [3.8, 4) is 0 Å². The topological polar surface area (TPSA) is 66.2 Å². The molecule has 3 aromatic heterocycles. The highest BCUT2D eigenvalue weighted by Crippen LogP contribution is 2.16. The summed E-state index contributed by atoms with van der Waals surface area (Å²) in [5.41, 5.74) is 1.38. The van der Waals surface area contributed by atoms with E-state index in [0.29, 0.717) is 17.7 Å². The third-order valence-electron chi connectivity index (χ3n) is 4.19. The van der Waals surface area contributed by atoms with E-state index in [1.807, 2.05) is 17.5 Å². The van der Waals surface area contributed by atoms with Crippen LogP contribution in [0.1, 0.15) is 32.4 Å². The Morgan fingerprint density at radius 3 is 2.55 bits per heavy atom. The van der Waals surface area contributed by atoms with Crippen LogP contribution in [0.25, 0.3) is 16.9 Å². The summed E-state index contributed by atoms with van der Waals surface area (Å²) in [4.78, 5) is 29.4. The molecule has 0 aromatic carbocycles. The van der Waals surface area contributed by atoms with Crippen LogP contribution in [0.4, 0.5) is 0 Å². The molecule has 0 bridgehead atoms. The Bertz CT molecular complexity index is 970. The zero-order chi connectivity index (χ0) is 16.0. The van der Waals surface area contributed by atoms with E-state index in [4.69, 9.17) is 0 Å². The normalized spacial score (nSPS) is 11.8. The molecule has 118 valence electrons. The molecule has 0 spiro atoms. The zero-order valence-corrected chi connectivity index (χ0v) is 13.5. The van der Waals surface area contributed by atoms with Gasteiger partial charge < -0.3 is 4.57 Å². The summed E-state index contributed by atoms with van der Waals surface area (Å²) in [7, 11) is 1.66. The van der Waals surface area contributed by atoms with Crippen molar-refractivity contribution in [2.24, 2.45) is 7.05 Å². The van der Waals surface area contributed by atoms with Crippen LogP contribution < -0.4 is 11.2 Å². The molecule has 0 atom stereocenters. The molecule has 0 saturated carbocycles. The number of nitrogens with zero attached hydrogens (tertiary/aromatic N) is 5. The molecule has 0 radical (unpaired) electrons. The standard InChI is InChI=1S/C15H21N5O2/c1-5-7-8-19-10(3)9-20-11-12(16-14(19)20)17(4)15(22)18(6-2)13(11)21/h9H,5-8H2,1-4H3. The highest BCUT2D eigenvalue weighted by molar-refractivity contribution is 5.75. The first-order valence-electron chi connectivity index (χ1n) is 7.69. The van der Waals surface area contributed by atoms with E-state index in [0.717, 1.165) is 30.9 Å². The predicted molar refractivity (Wildman–Crippen MR) is 85.5 cm³/mol. The maximum atomic E-state index is 12.6. The SMILES string of the molecule is CCCCn1c(C)cn2c3c(=O)n(CC)c(=O)n(C)c3nc12. The molecule has 0 amide bonds. The summed E-state index contributed by atoms with van der Waals surface area (Å²) in [6, 6.07) is 0. The van der Waals surface area contributed by atoms with Gasteiger partial charge >= 0.3 is 5.69 Å². The summed E-state index contributed by atoms with van der Waals surface area (Å²) in [5.74, 6) is 0.724. The Morgan fingerprint density at radius 1 is 1.18 bits per heavy atom. The predicted octanol–water partition coefficient (Wildman–Crippen LogP) is 1.28. The van der Waals surface area contributed by atoms with Gasteiger partial charge in [-0.1, -0.05) is 13.3 Å². The summed E-state index contributed by atoms with van der Waals surface area (Å²) in [5, 5.41) is 0. The van der Waals surface area contributed by atoms with E-state index in [1.54, 1.807) is 14.0 Å². The quantitative estimate of drug-likeness (QED) is 0.729. The van der Waals surface area contributed by atoms with Gasteiger partial charge in [0.25, 0.3) is 5.56 Å². The van der Waals surface area contributed by atoms with E-state index >= 15 is 0 Å². The number of fused-ring (bicyclic) bond motifs is 3. The maximum absolute atomic E-state index is 12.6. The van der Waals surface area contributed by atoms with Gasteiger partial charge in [0.2, 0.25) is 5.78 Å². The lowest BCUT2D eigenvalue weighted by Crippen LogP contribution is -2.38. The van der Waals surface area contributed by atoms with Crippen molar-refractivity contribution in [3.05, 3.63) is 32.7 Å². The number of hydrogen-bond donors (Lipinski definition) is 0. The van der Waals surface area contributed by atoms with Crippen molar-refractivity contribution in [2.45, 2.75) is 46.7 Å². The maximum Gasteiger partial charge on any atom is 0.332 e. The van der Waals surface area contributed by atoms with Gasteiger partial charge in [0, 0.05) is 32.0 Å². The van der Waals surface area contributed by atoms with Gasteiger partial charge in [-0.25, -0.2) is 4.79 Å². The fourth-order valence-corrected chi connectivity index (χ4v) is 2.93. The van der Waals surface area contributed by atoms with Crippen LogP contribution in [0.15, 0.2) is 15.8 Å². The molecule has 3 heterocycles. The van der Waals surface area contributed by atoms with E-state index < -0.39 is 0 Å². The van der Waals surface area contributed by atoms with Crippen molar-refractivity contribution < 1.29 is 0 Å². The number of unbranched alkanes of at least 4 members (excludes halogenated alkanes) is 1. The molecule has 0 fully saturated rings. The molecule has 0 unspecified atom stereocenters. The molecule has 3 aromatic rings. The van der Waals surface area contributed by atoms with E-state index in [2.05, 4.69) is 16.5 Å². The van der Waals surface area contributed by atoms with Crippen LogP contribution in [-0.4, -0.2) is 23.1 Å². The third kappa shape index (κ3) is 1.84. The second-order valence-electron chi connectivity index (χ2n) is 5.62. The Labute approximate surface area is 127 Å². The van der Waals surface area contributed by atoms with Crippen molar-refractivity contribution in [1.29, 1.82) is 0 Å². The van der Waals surface area contributed by atoms with Crippen LogP contribution in [0.2, 0.25) is 0 Å². The van der Waals surface area contributed by atoms with Crippen LogP contribution in [0.3, 0.4) is 0 Å². The smallest absolute Gasteiger partial charge is 0.314 e. The Kier molecular flexibility index (Phi) is 3.42. The fraction of sp³-hybridized carbons (Fsp3) is 0.533. The first kappa shape index (κ1) is 14.6. The van der Waals surface area contributed by atoms with Gasteiger partial charge in [0.1, 0.15) is 0 Å². The minimum absolute atomic E-state index is 0.277. The molecule has 0 saturated heterocycles. The van der Waals surface area contributed by atoms with Crippen molar-refractivity contribution >= 4 is 16.9 Å². The van der Waals surface area contributed by atoms with Crippen molar-refractivity contribution in [1.82, 2.24) is 23.1 Å². The van der Waals surface area contributed by atoms with Gasteiger partial charge in [0.05, 0.1) is 0 Å². The number of hydrogen-bond acceptors (Lipinski definition) is 3. The first-order chi connectivity index (χ1) is 10.5. The Morgan fingerprint density at radius 2 is 1.91 bits per heavy atom. The average Bonchev–Trinajstić information content (AvgIpc) is 2.99. The summed E-state index contributed by atoms with van der Waals surface area (Å²) >= 11 is 0. The third-order valence-corrected chi connectivity index (χ3v) is 4.19. The van der Waals surface area contributed by atoms with Crippen molar-refractivity contribution in [2.75, 3.05) is 0 Å². The minimum atomic E-state index is -0.322. The van der Waals surface area contributed by atoms with Gasteiger partial charge in [0.15, 0.2) is 11.2 Å². The lowest BCUT2D eigenvalue weighted by atomic mass is 10.3. The summed E-state index contributed by atoms with van der Waals surface area (Å²) < 4.78 is 6.61. The first-order valence-corrected chi connectivity index (χ1v) is 7.69. The van der Waals surface area contributed by atoms with Gasteiger partial charge in [-0.15, -0.1) is 0 Å². The highest BCUT2D eigenvalue weighted by Gasteiger charge is 2.19. The largest absolute Gasteiger partial charge is 0.332 e. The lowest BCUT2D eigenvalue weighted by Gasteiger charge is -2.05. The van der Waals surface area contributed by atoms with Crippen LogP contribution in [0, 0.1) is 6.92 Å². The molecule has 0 aliphatic carbocycles. The molecule has 0 aliphatic heterocycles. The number of rotatable bonds is 4. The van der Waals surface area contributed by atoms with Crippen LogP contribution in [-0.2, 0) is 20.1 Å². The molecule has 7 heteroatoms. The van der Waals surface area contributed by atoms with E-state index in [1.165, 1.54) is 9.13 Å². The average molecular weight is 303 g/mol. The molecule has 0 N–H and O–H groups in total. The fourth-order valence-electron chi connectivity index (χ4n) is 2.93. The van der Waals surface area contributed by atoms with Gasteiger partial charge in [-0.3, -0.25) is 18.3 Å². The number of aromatic nitrogens is 5. The Hall–Kier alpha value is -2.31. The van der Waals surface area contributed by atoms with Crippen LogP contribution >= 0.6 is 0 Å². The molecule has 22 heavy (non-hydrogen) atoms. The Balaban J connectivity index is 2.44. The summed E-state index contributed by atoms with van der Waals surface area (Å²) in [6.07, 6.45) is 4.06. The monoisotopic (exact) mass is 303 g/mol. The van der Waals surface area contributed by atoms with Gasteiger partial charge in [-0.05, 0) is 20.3 Å². The minimum Gasteiger partial charge on any atom is -0.314 e. The van der Waals surface area contributed by atoms with E-state index in [-0.39, 0.29) is 11.2 Å². The van der Waals surface area contributed by atoms with Crippen molar-refractivity contribution in [3.63, 3.8) is 0 Å². The summed E-state index contributed by atoms with van der Waals surface area (Å²) in [6.45, 7) is 7.16. The molecule has 7 nitrogen and oxygen atoms in total. The molecular weight excluding hydrogens is 282 g/mol. The molecule has 0 aliphatic rings. The molecule has 3 rings (SSSR count). The van der Waals surface area contributed by atoms with Gasteiger partial charge in [-0.2, -0.15) is 4.98 Å². The number of aryl methyl sites for hydroxylation is 3. The second-order valence-corrected chi connectivity index (χ2v) is 5.62. The number of imidazole rings is 2. The zero-order valence-electron chi connectivity index (χ0n) is 13.5. The second kappa shape index (κ2) is 5.15. The molecular formula is C15H21N5O2. The van der Waals surface area contributed by atoms with E-state index in [9.17, 15) is 9.59 Å². The highest BCUT2D eigenvalue weighted by atomic mass is 16.2. The van der Waals surface area contributed by atoms with Crippen LogP contribution in [0.5, 0.6) is 0 Å². The lowest BCUT2D eigenvalue weighted by molar-refractivity contribution is 0.630.